The normalized spacial score (nSPS) is 11.0. The molecule has 7 nitrogen and oxygen atoms in total. The molecular weight excluding hydrogens is 320 g/mol. The Morgan fingerprint density at radius 3 is 2.48 bits per heavy atom. The lowest BCUT2D eigenvalue weighted by atomic mass is 10.3. The Labute approximate surface area is 134 Å². The zero-order chi connectivity index (χ0) is 17.0. The van der Waals surface area contributed by atoms with E-state index in [4.69, 9.17) is 4.74 Å². The smallest absolute Gasteiger partial charge is 0.270 e. The van der Waals surface area contributed by atoms with Crippen LogP contribution in [-0.2, 0) is 10.0 Å². The highest BCUT2D eigenvalue weighted by Crippen LogP contribution is 2.32. The summed E-state index contributed by atoms with van der Waals surface area (Å²) in [5, 5.41) is 10.9. The maximum atomic E-state index is 12.9. The molecule has 0 N–H and O–H groups in total. The second-order valence-electron chi connectivity index (χ2n) is 4.60. The summed E-state index contributed by atoms with van der Waals surface area (Å²) in [6.07, 6.45) is 0. The molecule has 0 saturated carbocycles. The van der Waals surface area contributed by atoms with Crippen LogP contribution < -0.4 is 9.04 Å². The zero-order valence-corrected chi connectivity index (χ0v) is 13.5. The number of anilines is 1. The predicted octanol–water partition coefficient (Wildman–Crippen LogP) is 2.82. The van der Waals surface area contributed by atoms with Crippen LogP contribution in [0.25, 0.3) is 0 Å². The monoisotopic (exact) mass is 336 g/mol. The van der Waals surface area contributed by atoms with Gasteiger partial charge in [0.1, 0.15) is 5.75 Å². The van der Waals surface area contributed by atoms with Crippen molar-refractivity contribution < 1.29 is 18.1 Å². The van der Waals surface area contributed by atoms with Crippen LogP contribution in [-0.4, -0.2) is 27.0 Å². The van der Waals surface area contributed by atoms with E-state index in [0.717, 1.165) is 10.4 Å². The number of hydrogen-bond acceptors (Lipinski definition) is 5. The molecule has 0 aliphatic carbocycles. The van der Waals surface area contributed by atoms with Crippen molar-refractivity contribution in [3.8, 4) is 5.75 Å². The van der Waals surface area contributed by atoms with E-state index in [1.807, 2.05) is 0 Å². The lowest BCUT2D eigenvalue weighted by Crippen LogP contribution is -2.31. The lowest BCUT2D eigenvalue weighted by Gasteiger charge is -2.24. The largest absolute Gasteiger partial charge is 0.495 e. The van der Waals surface area contributed by atoms with Crippen molar-refractivity contribution in [2.75, 3.05) is 18.0 Å². The van der Waals surface area contributed by atoms with Gasteiger partial charge in [0, 0.05) is 18.7 Å². The van der Waals surface area contributed by atoms with Crippen LogP contribution >= 0.6 is 0 Å². The van der Waals surface area contributed by atoms with Gasteiger partial charge in [0.05, 0.1) is 22.6 Å². The van der Waals surface area contributed by atoms with Gasteiger partial charge in [-0.1, -0.05) is 18.2 Å². The maximum Gasteiger partial charge on any atom is 0.270 e. The number of non-ortho nitro benzene ring substituents is 1. The molecular formula is C15H16N2O5S. The van der Waals surface area contributed by atoms with Crippen molar-refractivity contribution in [1.82, 2.24) is 0 Å². The molecule has 2 aromatic carbocycles. The van der Waals surface area contributed by atoms with Gasteiger partial charge in [0.25, 0.3) is 15.7 Å². The fraction of sp³-hybridized carbons (Fsp3) is 0.200. The Balaban J connectivity index is 2.56. The molecule has 0 radical (unpaired) electrons. The van der Waals surface area contributed by atoms with Gasteiger partial charge in [0.2, 0.25) is 0 Å². The summed E-state index contributed by atoms with van der Waals surface area (Å²) < 4.78 is 32.1. The first-order valence-corrected chi connectivity index (χ1v) is 8.26. The number of hydrogen-bond donors (Lipinski definition) is 0. The van der Waals surface area contributed by atoms with Gasteiger partial charge in [-0.3, -0.25) is 14.4 Å². The minimum atomic E-state index is -3.94. The molecule has 0 unspecified atom stereocenters. The quantitative estimate of drug-likeness (QED) is 0.597. The van der Waals surface area contributed by atoms with Crippen LogP contribution in [0.2, 0.25) is 0 Å². The minimum absolute atomic E-state index is 0.139. The first-order chi connectivity index (χ1) is 10.9. The highest BCUT2D eigenvalue weighted by molar-refractivity contribution is 7.92. The van der Waals surface area contributed by atoms with Crippen molar-refractivity contribution in [3.63, 3.8) is 0 Å². The molecule has 0 amide bonds. The molecule has 0 bridgehead atoms. The van der Waals surface area contributed by atoms with Crippen molar-refractivity contribution in [2.45, 2.75) is 11.8 Å². The maximum absolute atomic E-state index is 12.9. The van der Waals surface area contributed by atoms with Gasteiger partial charge >= 0.3 is 0 Å². The summed E-state index contributed by atoms with van der Waals surface area (Å²) in [5.74, 6) is 0.406. The number of nitro benzene ring substituents is 1. The standard InChI is InChI=1S/C15H16N2O5S/c1-3-16(14-9-4-5-10-15(14)22-2)23(20,21)13-8-6-7-12(11-13)17(18)19/h4-11H,3H2,1-2H3. The SMILES string of the molecule is CCN(c1ccccc1OC)S(=O)(=O)c1cccc([N+](=O)[O-])c1. The molecule has 0 heterocycles. The summed E-state index contributed by atoms with van der Waals surface area (Å²) in [6.45, 7) is 1.84. The van der Waals surface area contributed by atoms with E-state index in [2.05, 4.69) is 0 Å². The van der Waals surface area contributed by atoms with Crippen LogP contribution in [0.1, 0.15) is 6.92 Å². The van der Waals surface area contributed by atoms with E-state index in [-0.39, 0.29) is 17.1 Å². The van der Waals surface area contributed by atoms with Gasteiger partial charge in [-0.15, -0.1) is 0 Å². The molecule has 2 rings (SSSR count). The van der Waals surface area contributed by atoms with Crippen molar-refractivity contribution >= 4 is 21.4 Å². The lowest BCUT2D eigenvalue weighted by molar-refractivity contribution is -0.385. The van der Waals surface area contributed by atoms with Gasteiger partial charge in [-0.05, 0) is 25.1 Å². The number of methoxy groups -OCH3 is 1. The van der Waals surface area contributed by atoms with E-state index >= 15 is 0 Å². The average molecular weight is 336 g/mol. The number of ether oxygens (including phenoxy) is 1. The van der Waals surface area contributed by atoms with E-state index < -0.39 is 14.9 Å². The summed E-state index contributed by atoms with van der Waals surface area (Å²) >= 11 is 0. The molecule has 0 atom stereocenters. The van der Waals surface area contributed by atoms with Gasteiger partial charge < -0.3 is 4.74 Å². The Bertz CT molecular complexity index is 820. The number of rotatable bonds is 6. The number of benzene rings is 2. The number of nitrogens with zero attached hydrogens (tertiary/aromatic N) is 2. The molecule has 0 aliphatic heterocycles. The first-order valence-electron chi connectivity index (χ1n) is 6.82. The van der Waals surface area contributed by atoms with Crippen LogP contribution in [0.4, 0.5) is 11.4 Å². The van der Waals surface area contributed by atoms with E-state index in [1.54, 1.807) is 31.2 Å². The Kier molecular flexibility index (Phi) is 4.85. The van der Waals surface area contributed by atoms with Crippen LogP contribution in [0.3, 0.4) is 0 Å². The van der Waals surface area contributed by atoms with Crippen molar-refractivity contribution in [2.24, 2.45) is 0 Å². The molecule has 122 valence electrons. The van der Waals surface area contributed by atoms with Crippen LogP contribution in [0.15, 0.2) is 53.4 Å². The topological polar surface area (TPSA) is 89.8 Å². The Morgan fingerprint density at radius 1 is 1.17 bits per heavy atom. The number of sulfonamides is 1. The van der Waals surface area contributed by atoms with Crippen LogP contribution in [0, 0.1) is 10.1 Å². The fourth-order valence-electron chi connectivity index (χ4n) is 2.19. The summed E-state index contributed by atoms with van der Waals surface area (Å²) in [7, 11) is -2.49. The van der Waals surface area contributed by atoms with E-state index in [9.17, 15) is 18.5 Å². The first kappa shape index (κ1) is 16.8. The highest BCUT2D eigenvalue weighted by atomic mass is 32.2. The Hall–Kier alpha value is -2.61. The van der Waals surface area contributed by atoms with Gasteiger partial charge in [0.15, 0.2) is 0 Å². The third-order valence-electron chi connectivity index (χ3n) is 3.26. The second-order valence-corrected chi connectivity index (χ2v) is 6.46. The van der Waals surface area contributed by atoms with Crippen LogP contribution in [0.5, 0.6) is 5.75 Å². The third kappa shape index (κ3) is 3.26. The molecule has 8 heteroatoms. The summed E-state index contributed by atoms with van der Waals surface area (Å²) in [6, 6.07) is 11.7. The summed E-state index contributed by atoms with van der Waals surface area (Å²) in [5.41, 5.74) is 0.103. The minimum Gasteiger partial charge on any atom is -0.495 e. The molecule has 23 heavy (non-hydrogen) atoms. The van der Waals surface area contributed by atoms with E-state index in [1.165, 1.54) is 25.3 Å². The highest BCUT2D eigenvalue weighted by Gasteiger charge is 2.27. The third-order valence-corrected chi connectivity index (χ3v) is 5.14. The predicted molar refractivity (Wildman–Crippen MR) is 86.3 cm³/mol. The van der Waals surface area contributed by atoms with Gasteiger partial charge in [-0.25, -0.2) is 8.42 Å². The number of nitro groups is 1. The van der Waals surface area contributed by atoms with Crippen molar-refractivity contribution in [3.05, 3.63) is 58.6 Å². The fourth-order valence-corrected chi connectivity index (χ4v) is 3.71. The Morgan fingerprint density at radius 2 is 1.87 bits per heavy atom. The molecule has 0 fully saturated rings. The molecule has 2 aromatic rings. The van der Waals surface area contributed by atoms with E-state index in [0.29, 0.717) is 11.4 Å². The molecule has 0 spiro atoms. The van der Waals surface area contributed by atoms with Gasteiger partial charge in [-0.2, -0.15) is 0 Å². The second kappa shape index (κ2) is 6.66. The molecule has 0 aliphatic rings. The average Bonchev–Trinajstić information content (AvgIpc) is 2.56. The molecule has 0 aromatic heterocycles. The number of para-hydroxylation sites is 2. The summed E-state index contributed by atoms with van der Waals surface area (Å²) in [4.78, 5) is 10.1. The molecule has 0 saturated heterocycles. The zero-order valence-electron chi connectivity index (χ0n) is 12.7. The van der Waals surface area contributed by atoms with Crippen molar-refractivity contribution in [1.29, 1.82) is 0 Å².